The summed E-state index contributed by atoms with van der Waals surface area (Å²) in [5, 5.41) is 7.05. The van der Waals surface area contributed by atoms with Gasteiger partial charge in [-0.2, -0.15) is 0 Å². The third-order valence-electron chi connectivity index (χ3n) is 7.04. The number of rotatable bonds is 11. The van der Waals surface area contributed by atoms with Crippen LogP contribution in [-0.2, 0) is 25.7 Å². The van der Waals surface area contributed by atoms with E-state index in [2.05, 4.69) is 15.5 Å². The van der Waals surface area contributed by atoms with Crippen molar-refractivity contribution in [2.45, 2.75) is 30.0 Å². The van der Waals surface area contributed by atoms with Crippen molar-refractivity contribution in [2.24, 2.45) is 0 Å². The van der Waals surface area contributed by atoms with E-state index in [-0.39, 0.29) is 30.7 Å². The van der Waals surface area contributed by atoms with Gasteiger partial charge in [-0.15, -0.1) is 11.8 Å². The fourth-order valence-electron chi connectivity index (χ4n) is 4.98. The van der Waals surface area contributed by atoms with Crippen LogP contribution in [0.15, 0.2) is 65.3 Å². The highest BCUT2D eigenvalue weighted by atomic mass is 32.2. The van der Waals surface area contributed by atoms with Crippen LogP contribution in [0.1, 0.15) is 29.5 Å². The Balaban J connectivity index is 1.14. The molecule has 5 rings (SSSR count). The number of hydrogen-bond donors (Lipinski definition) is 2. The summed E-state index contributed by atoms with van der Waals surface area (Å²) in [6.07, 6.45) is 2.41. The molecule has 2 fully saturated rings. The van der Waals surface area contributed by atoms with Crippen molar-refractivity contribution < 1.29 is 23.5 Å². The normalized spacial score (nSPS) is 19.9. The summed E-state index contributed by atoms with van der Waals surface area (Å²) >= 11 is 1.35. The molecule has 3 amide bonds. The second-order valence-corrected chi connectivity index (χ2v) is 11.0. The van der Waals surface area contributed by atoms with Crippen molar-refractivity contribution in [3.8, 4) is 0 Å². The Morgan fingerprint density at radius 1 is 0.974 bits per heavy atom. The first kappa shape index (κ1) is 27.2. The van der Waals surface area contributed by atoms with Crippen molar-refractivity contribution in [3.05, 3.63) is 72.2 Å². The van der Waals surface area contributed by atoms with Crippen molar-refractivity contribution in [3.63, 3.8) is 0 Å². The van der Waals surface area contributed by atoms with Crippen LogP contribution in [0, 0.1) is 0 Å². The Hall–Kier alpha value is -3.34. The molecule has 0 bridgehead atoms. The van der Waals surface area contributed by atoms with E-state index in [1.54, 1.807) is 18.4 Å². The maximum atomic E-state index is 13.4. The molecule has 9 nitrogen and oxygen atoms in total. The zero-order chi connectivity index (χ0) is 27.0. The molecular formula is C29H34N4O5S. The van der Waals surface area contributed by atoms with Gasteiger partial charge in [0.25, 0.3) is 0 Å². The smallest absolute Gasteiger partial charge is 0.239 e. The maximum Gasteiger partial charge on any atom is 0.239 e. The van der Waals surface area contributed by atoms with E-state index < -0.39 is 10.6 Å². The van der Waals surface area contributed by atoms with Crippen LogP contribution in [0.25, 0.3) is 10.8 Å². The predicted octanol–water partition coefficient (Wildman–Crippen LogP) is 2.92. The number of thioether (sulfide) groups is 1. The fourth-order valence-corrected chi connectivity index (χ4v) is 6.39. The van der Waals surface area contributed by atoms with Crippen molar-refractivity contribution in [1.29, 1.82) is 0 Å². The highest BCUT2D eigenvalue weighted by molar-refractivity contribution is 8.01. The molecule has 2 aliphatic rings. The second-order valence-electron chi connectivity index (χ2n) is 9.74. The summed E-state index contributed by atoms with van der Waals surface area (Å²) < 4.78 is 10.9. The Kier molecular flexibility index (Phi) is 9.18. The van der Waals surface area contributed by atoms with Gasteiger partial charge in [0.15, 0.2) is 0 Å². The molecule has 3 heterocycles. The number of fused-ring (bicyclic) bond motifs is 1. The zero-order valence-corrected chi connectivity index (χ0v) is 22.7. The number of nitrogens with one attached hydrogen (secondary N) is 2. The van der Waals surface area contributed by atoms with Crippen LogP contribution in [0.5, 0.6) is 0 Å². The molecule has 10 heteroatoms. The lowest BCUT2D eigenvalue weighted by Crippen LogP contribution is -2.42. The first-order chi connectivity index (χ1) is 19.1. The minimum atomic E-state index is -0.596. The second kappa shape index (κ2) is 13.1. The third kappa shape index (κ3) is 7.00. The summed E-state index contributed by atoms with van der Waals surface area (Å²) in [6, 6.07) is 17.6. The van der Waals surface area contributed by atoms with Gasteiger partial charge in [0.05, 0.1) is 24.7 Å². The highest BCUT2D eigenvalue weighted by Crippen LogP contribution is 2.44. The molecule has 2 atom stereocenters. The van der Waals surface area contributed by atoms with Crippen LogP contribution in [0.4, 0.5) is 0 Å². The maximum absolute atomic E-state index is 13.4. The Bertz CT molecular complexity index is 1270. The molecule has 206 valence electrons. The minimum Gasteiger partial charge on any atom is -0.466 e. The lowest BCUT2D eigenvalue weighted by atomic mass is 10.0. The van der Waals surface area contributed by atoms with Crippen LogP contribution in [-0.4, -0.2) is 78.7 Å². The Morgan fingerprint density at radius 3 is 2.62 bits per heavy atom. The van der Waals surface area contributed by atoms with Crippen molar-refractivity contribution in [2.75, 3.05) is 45.9 Å². The average molecular weight is 551 g/mol. The van der Waals surface area contributed by atoms with Gasteiger partial charge in [0, 0.05) is 32.6 Å². The van der Waals surface area contributed by atoms with Gasteiger partial charge in [0.1, 0.15) is 17.7 Å². The average Bonchev–Trinajstić information content (AvgIpc) is 3.59. The van der Waals surface area contributed by atoms with Gasteiger partial charge in [-0.3, -0.25) is 19.3 Å². The summed E-state index contributed by atoms with van der Waals surface area (Å²) in [5.41, 5.74) is 1.02. The van der Waals surface area contributed by atoms with E-state index in [4.69, 9.17) is 9.15 Å². The summed E-state index contributed by atoms with van der Waals surface area (Å²) in [4.78, 5) is 42.8. The first-order valence-corrected chi connectivity index (χ1v) is 14.3. The lowest BCUT2D eigenvalue weighted by molar-refractivity contribution is -0.136. The van der Waals surface area contributed by atoms with E-state index in [0.29, 0.717) is 18.8 Å². The molecule has 2 aromatic carbocycles. The molecule has 1 aromatic heterocycles. The number of carbonyl (C=O) groups is 3. The molecule has 0 saturated carbocycles. The molecule has 2 saturated heterocycles. The van der Waals surface area contributed by atoms with Crippen molar-refractivity contribution in [1.82, 2.24) is 20.4 Å². The van der Waals surface area contributed by atoms with Gasteiger partial charge in [0.2, 0.25) is 17.7 Å². The molecular weight excluding hydrogens is 516 g/mol. The molecule has 2 aliphatic heterocycles. The van der Waals surface area contributed by atoms with E-state index in [0.717, 1.165) is 55.6 Å². The quantitative estimate of drug-likeness (QED) is 0.354. The number of benzene rings is 2. The van der Waals surface area contributed by atoms with Crippen LogP contribution in [0.3, 0.4) is 0 Å². The van der Waals surface area contributed by atoms with Crippen LogP contribution < -0.4 is 10.6 Å². The minimum absolute atomic E-state index is 0.0309. The number of carbonyl (C=O) groups excluding carboxylic acids is 3. The number of morpholine rings is 1. The van der Waals surface area contributed by atoms with Crippen molar-refractivity contribution >= 4 is 40.3 Å². The van der Waals surface area contributed by atoms with Gasteiger partial charge < -0.3 is 24.7 Å². The first-order valence-electron chi connectivity index (χ1n) is 13.4. The monoisotopic (exact) mass is 550 g/mol. The van der Waals surface area contributed by atoms with E-state index in [1.165, 1.54) is 16.7 Å². The van der Waals surface area contributed by atoms with Crippen LogP contribution >= 0.6 is 11.8 Å². The van der Waals surface area contributed by atoms with Crippen LogP contribution in [0.2, 0.25) is 0 Å². The number of hydrogen-bond acceptors (Lipinski definition) is 7. The summed E-state index contributed by atoms with van der Waals surface area (Å²) in [5.74, 6) is -0.0674. The SMILES string of the molecule is O=C(C[C@H]1S[C@H](c2ccco2)N(CC(=O)NCCCN2CCOCC2)C1=O)NCc1cccc2ccccc12. The predicted molar refractivity (Wildman–Crippen MR) is 150 cm³/mol. The molecule has 0 radical (unpaired) electrons. The zero-order valence-electron chi connectivity index (χ0n) is 21.8. The molecule has 0 aliphatic carbocycles. The van der Waals surface area contributed by atoms with Gasteiger partial charge in [-0.25, -0.2) is 0 Å². The van der Waals surface area contributed by atoms with Gasteiger partial charge in [-0.05, 0) is 41.4 Å². The molecule has 0 unspecified atom stereocenters. The Morgan fingerprint density at radius 2 is 1.79 bits per heavy atom. The summed E-state index contributed by atoms with van der Waals surface area (Å²) in [6.45, 7) is 5.05. The number of nitrogens with zero attached hydrogens (tertiary/aromatic N) is 2. The van der Waals surface area contributed by atoms with E-state index >= 15 is 0 Å². The molecule has 3 aromatic rings. The lowest BCUT2D eigenvalue weighted by Gasteiger charge is -2.26. The Labute approximate surface area is 232 Å². The highest BCUT2D eigenvalue weighted by Gasteiger charge is 2.43. The van der Waals surface area contributed by atoms with E-state index in [1.807, 2.05) is 42.5 Å². The number of ether oxygens (including phenoxy) is 1. The standard InChI is InChI=1S/C29H34N4O5S/c34-26(31-19-22-8-3-7-21-6-1-2-9-23(21)22)18-25-28(36)33(29(39-25)24-10-4-15-38-24)20-27(35)30-11-5-12-32-13-16-37-17-14-32/h1-4,6-10,15,25,29H,5,11-14,16-20H2,(H,30,35)(H,31,34)/t25-,29-/m1/s1. The molecule has 0 spiro atoms. The number of amides is 3. The fraction of sp³-hybridized carbons (Fsp3) is 0.414. The molecule has 39 heavy (non-hydrogen) atoms. The summed E-state index contributed by atoms with van der Waals surface area (Å²) in [7, 11) is 0. The largest absolute Gasteiger partial charge is 0.466 e. The van der Waals surface area contributed by atoms with E-state index in [9.17, 15) is 14.4 Å². The molecule has 2 N–H and O–H groups in total. The van der Waals surface area contributed by atoms with Gasteiger partial charge >= 0.3 is 0 Å². The third-order valence-corrected chi connectivity index (χ3v) is 8.48. The van der Waals surface area contributed by atoms with Gasteiger partial charge in [-0.1, -0.05) is 42.5 Å². The number of furan rings is 1. The topological polar surface area (TPSA) is 104 Å².